The summed E-state index contributed by atoms with van der Waals surface area (Å²) in [5.74, 6) is -0.346. The largest absolute Gasteiger partial charge is 0.351 e. The van der Waals surface area contributed by atoms with Crippen LogP contribution in [-0.4, -0.2) is 62.0 Å². The highest BCUT2D eigenvalue weighted by Gasteiger charge is 2.18. The lowest BCUT2D eigenvalue weighted by molar-refractivity contribution is 0.0953. The van der Waals surface area contributed by atoms with Gasteiger partial charge in [0.15, 0.2) is 0 Å². The monoisotopic (exact) mass is 349 g/mol. The van der Waals surface area contributed by atoms with Gasteiger partial charge in [0, 0.05) is 42.8 Å². The molecule has 1 aromatic carbocycles. The number of nitrogens with one attached hydrogen (secondary N) is 1. The second-order valence-electron chi connectivity index (χ2n) is 6.42. The number of thiophene rings is 1. The predicted octanol–water partition coefficient (Wildman–Crippen LogP) is 2.72. The van der Waals surface area contributed by atoms with Crippen molar-refractivity contribution < 1.29 is 9.18 Å². The van der Waals surface area contributed by atoms with Crippen LogP contribution in [0.5, 0.6) is 0 Å². The summed E-state index contributed by atoms with van der Waals surface area (Å²) in [6.07, 6.45) is 0.938. The van der Waals surface area contributed by atoms with E-state index >= 15 is 0 Å². The Morgan fingerprint density at radius 1 is 1.29 bits per heavy atom. The first kappa shape index (κ1) is 17.3. The first-order valence-corrected chi connectivity index (χ1v) is 9.24. The number of likely N-dealkylation sites (N-methyl/N-ethyl adjacent to an activating group) is 1. The van der Waals surface area contributed by atoms with Crippen LogP contribution >= 0.6 is 11.3 Å². The molecular weight excluding hydrogens is 325 g/mol. The molecule has 0 aliphatic carbocycles. The summed E-state index contributed by atoms with van der Waals surface area (Å²) in [4.78, 5) is 17.8. The molecule has 0 bridgehead atoms. The molecule has 1 N–H and O–H groups in total. The third-order valence-electron chi connectivity index (χ3n) is 4.64. The number of rotatable bonds is 5. The first-order chi connectivity index (χ1) is 11.6. The minimum absolute atomic E-state index is 0.0912. The Kier molecular flexibility index (Phi) is 5.48. The van der Waals surface area contributed by atoms with Gasteiger partial charge < -0.3 is 15.1 Å². The van der Waals surface area contributed by atoms with Crippen LogP contribution in [0.25, 0.3) is 10.1 Å². The first-order valence-electron chi connectivity index (χ1n) is 8.43. The normalized spacial score (nSPS) is 16.6. The van der Waals surface area contributed by atoms with Gasteiger partial charge in [0.2, 0.25) is 0 Å². The van der Waals surface area contributed by atoms with Gasteiger partial charge in [-0.2, -0.15) is 0 Å². The number of benzene rings is 1. The smallest absolute Gasteiger partial charge is 0.261 e. The number of carbonyl (C=O) groups excluding carboxylic acids is 1. The fraction of sp³-hybridized carbons (Fsp3) is 0.500. The average molecular weight is 349 g/mol. The van der Waals surface area contributed by atoms with Gasteiger partial charge in [0.25, 0.3) is 5.91 Å². The molecule has 2 aromatic rings. The Morgan fingerprint density at radius 3 is 2.75 bits per heavy atom. The molecule has 0 spiro atoms. The molecule has 4 nitrogen and oxygen atoms in total. The maximum absolute atomic E-state index is 13.9. The van der Waals surface area contributed by atoms with E-state index in [9.17, 15) is 9.18 Å². The number of halogens is 1. The van der Waals surface area contributed by atoms with Crippen molar-refractivity contribution in [2.24, 2.45) is 0 Å². The van der Waals surface area contributed by atoms with E-state index < -0.39 is 0 Å². The zero-order valence-corrected chi connectivity index (χ0v) is 15.1. The summed E-state index contributed by atoms with van der Waals surface area (Å²) in [5.41, 5.74) is 0.740. The van der Waals surface area contributed by atoms with Crippen LogP contribution in [0.3, 0.4) is 0 Å². The summed E-state index contributed by atoms with van der Waals surface area (Å²) in [5, 5.41) is 3.55. The summed E-state index contributed by atoms with van der Waals surface area (Å²) in [7, 11) is 2.15. The Hall–Kier alpha value is -1.50. The topological polar surface area (TPSA) is 35.6 Å². The van der Waals surface area contributed by atoms with Crippen LogP contribution in [0.15, 0.2) is 18.2 Å². The van der Waals surface area contributed by atoms with Gasteiger partial charge in [-0.05, 0) is 44.6 Å². The van der Waals surface area contributed by atoms with Crippen molar-refractivity contribution in [3.8, 4) is 0 Å². The fourth-order valence-electron chi connectivity index (χ4n) is 3.13. The van der Waals surface area contributed by atoms with Crippen molar-refractivity contribution in [3.63, 3.8) is 0 Å². The summed E-state index contributed by atoms with van der Waals surface area (Å²) < 4.78 is 14.8. The Bertz CT molecular complexity index is 722. The lowest BCUT2D eigenvalue weighted by atomic mass is 10.1. The van der Waals surface area contributed by atoms with Crippen molar-refractivity contribution in [3.05, 3.63) is 34.5 Å². The molecule has 24 heavy (non-hydrogen) atoms. The molecule has 0 radical (unpaired) electrons. The second kappa shape index (κ2) is 7.59. The highest BCUT2D eigenvalue weighted by Crippen LogP contribution is 2.32. The molecule has 1 amide bonds. The predicted molar refractivity (Wildman–Crippen MR) is 97.4 cm³/mol. The molecule has 0 saturated carbocycles. The summed E-state index contributed by atoms with van der Waals surface area (Å²) in [6.45, 7) is 7.90. The van der Waals surface area contributed by atoms with Crippen LogP contribution in [0.1, 0.15) is 21.7 Å². The lowest BCUT2D eigenvalue weighted by Gasteiger charge is -2.32. The summed E-state index contributed by atoms with van der Waals surface area (Å²) in [6, 6.07) is 4.99. The number of hydrogen-bond donors (Lipinski definition) is 1. The Morgan fingerprint density at radius 2 is 2.04 bits per heavy atom. The number of carbonyl (C=O) groups is 1. The maximum atomic E-state index is 13.9. The van der Waals surface area contributed by atoms with Gasteiger partial charge in [0.05, 0.1) is 4.88 Å². The number of amides is 1. The van der Waals surface area contributed by atoms with E-state index in [1.165, 1.54) is 17.4 Å². The molecule has 1 fully saturated rings. The van der Waals surface area contributed by atoms with Crippen molar-refractivity contribution in [1.82, 2.24) is 15.1 Å². The van der Waals surface area contributed by atoms with Crippen LogP contribution in [0, 0.1) is 12.7 Å². The quantitative estimate of drug-likeness (QED) is 0.843. The van der Waals surface area contributed by atoms with Crippen molar-refractivity contribution >= 4 is 27.3 Å². The van der Waals surface area contributed by atoms with E-state index in [1.54, 1.807) is 6.07 Å². The molecule has 1 aliphatic heterocycles. The van der Waals surface area contributed by atoms with Crippen molar-refractivity contribution in [2.45, 2.75) is 13.3 Å². The van der Waals surface area contributed by atoms with E-state index in [4.69, 9.17) is 0 Å². The van der Waals surface area contributed by atoms with E-state index in [1.807, 2.05) is 13.0 Å². The number of hydrogen-bond acceptors (Lipinski definition) is 4. The average Bonchev–Trinajstić information content (AvgIpc) is 2.91. The molecule has 3 rings (SSSR count). The highest BCUT2D eigenvalue weighted by atomic mass is 32.1. The van der Waals surface area contributed by atoms with Gasteiger partial charge >= 0.3 is 0 Å². The maximum Gasteiger partial charge on any atom is 0.261 e. The highest BCUT2D eigenvalue weighted by molar-refractivity contribution is 7.21. The lowest BCUT2D eigenvalue weighted by Crippen LogP contribution is -2.45. The molecule has 0 atom stereocenters. The molecular formula is C18H24FN3OS. The standard InChI is InChI=1S/C18H24FN3OS/c1-13-16-14(19)5-3-6-15(16)24-17(13)18(23)20-7-4-8-22-11-9-21(2)10-12-22/h3,5-6H,4,7-12H2,1-2H3,(H,20,23). The molecule has 1 saturated heterocycles. The third kappa shape index (κ3) is 3.77. The van der Waals surface area contributed by atoms with Crippen LogP contribution in [0.2, 0.25) is 0 Å². The zero-order chi connectivity index (χ0) is 17.1. The fourth-order valence-corrected chi connectivity index (χ4v) is 4.27. The minimum atomic E-state index is -0.254. The number of piperazine rings is 1. The van der Waals surface area contributed by atoms with Gasteiger partial charge in [-0.15, -0.1) is 11.3 Å². The van der Waals surface area contributed by atoms with Gasteiger partial charge in [-0.1, -0.05) is 6.07 Å². The number of aryl methyl sites for hydroxylation is 1. The third-order valence-corrected chi connectivity index (χ3v) is 5.90. The Balaban J connectivity index is 1.52. The molecule has 6 heteroatoms. The van der Waals surface area contributed by atoms with Crippen molar-refractivity contribution in [2.75, 3.05) is 46.3 Å². The van der Waals surface area contributed by atoms with E-state index in [2.05, 4.69) is 22.2 Å². The van der Waals surface area contributed by atoms with E-state index in [-0.39, 0.29) is 11.7 Å². The van der Waals surface area contributed by atoms with Crippen LogP contribution < -0.4 is 5.32 Å². The molecule has 0 unspecified atom stereocenters. The van der Waals surface area contributed by atoms with Crippen LogP contribution in [-0.2, 0) is 0 Å². The zero-order valence-electron chi connectivity index (χ0n) is 14.3. The van der Waals surface area contributed by atoms with Crippen LogP contribution in [0.4, 0.5) is 4.39 Å². The van der Waals surface area contributed by atoms with Gasteiger partial charge in [-0.3, -0.25) is 4.79 Å². The minimum Gasteiger partial charge on any atom is -0.351 e. The number of fused-ring (bicyclic) bond motifs is 1. The molecule has 1 aliphatic rings. The molecule has 2 heterocycles. The molecule has 1 aromatic heterocycles. The SMILES string of the molecule is Cc1c(C(=O)NCCCN2CCN(C)CC2)sc2cccc(F)c12. The van der Waals surface area contributed by atoms with Crippen molar-refractivity contribution in [1.29, 1.82) is 0 Å². The molecule has 130 valence electrons. The van der Waals surface area contributed by atoms with Gasteiger partial charge in [-0.25, -0.2) is 4.39 Å². The second-order valence-corrected chi connectivity index (χ2v) is 7.48. The number of nitrogens with zero attached hydrogens (tertiary/aromatic N) is 2. The van der Waals surface area contributed by atoms with E-state index in [0.29, 0.717) is 16.8 Å². The van der Waals surface area contributed by atoms with Gasteiger partial charge in [0.1, 0.15) is 5.82 Å². The van der Waals surface area contributed by atoms with E-state index in [0.717, 1.165) is 49.4 Å². The Labute approximate surface area is 146 Å². The summed E-state index contributed by atoms with van der Waals surface area (Å²) >= 11 is 1.36.